The lowest BCUT2D eigenvalue weighted by atomic mass is 9.76. The molecular formula is C15H28N2O. The van der Waals surface area contributed by atoms with E-state index in [-0.39, 0.29) is 6.03 Å². The predicted octanol–water partition coefficient (Wildman–Crippen LogP) is 3.35. The zero-order valence-corrected chi connectivity index (χ0v) is 12.4. The van der Waals surface area contributed by atoms with Crippen LogP contribution in [0.2, 0.25) is 0 Å². The van der Waals surface area contributed by atoms with Gasteiger partial charge in [-0.25, -0.2) is 4.79 Å². The van der Waals surface area contributed by atoms with Crippen LogP contribution in [0, 0.1) is 11.3 Å². The highest BCUT2D eigenvalue weighted by atomic mass is 16.2. The molecule has 2 fully saturated rings. The van der Waals surface area contributed by atoms with Crippen molar-refractivity contribution in [1.82, 2.24) is 9.80 Å². The Morgan fingerprint density at radius 3 is 2.17 bits per heavy atom. The van der Waals surface area contributed by atoms with Crippen LogP contribution in [0.4, 0.5) is 4.79 Å². The van der Waals surface area contributed by atoms with E-state index in [0.717, 1.165) is 19.0 Å². The Morgan fingerprint density at radius 1 is 1.11 bits per heavy atom. The fourth-order valence-electron chi connectivity index (χ4n) is 3.53. The molecule has 1 saturated carbocycles. The number of carbonyl (C=O) groups excluding carboxylic acids is 1. The van der Waals surface area contributed by atoms with Crippen molar-refractivity contribution in [3.05, 3.63) is 0 Å². The maximum Gasteiger partial charge on any atom is 0.320 e. The smallest absolute Gasteiger partial charge is 0.320 e. The normalized spacial score (nSPS) is 30.1. The molecule has 0 radical (unpaired) electrons. The molecule has 18 heavy (non-hydrogen) atoms. The highest BCUT2D eigenvalue weighted by Crippen LogP contribution is 2.36. The van der Waals surface area contributed by atoms with Gasteiger partial charge in [-0.15, -0.1) is 0 Å². The summed E-state index contributed by atoms with van der Waals surface area (Å²) in [6, 6.07) is 0.757. The molecule has 1 saturated heterocycles. The quantitative estimate of drug-likeness (QED) is 0.739. The van der Waals surface area contributed by atoms with Gasteiger partial charge in [-0.05, 0) is 43.4 Å². The lowest BCUT2D eigenvalue weighted by Crippen LogP contribution is -2.40. The molecule has 0 spiro atoms. The van der Waals surface area contributed by atoms with Crippen molar-refractivity contribution in [3.63, 3.8) is 0 Å². The summed E-state index contributed by atoms with van der Waals surface area (Å²) in [7, 11) is 1.91. The zero-order valence-electron chi connectivity index (χ0n) is 12.4. The van der Waals surface area contributed by atoms with Crippen molar-refractivity contribution in [2.24, 2.45) is 11.3 Å². The van der Waals surface area contributed by atoms with Gasteiger partial charge in [-0.2, -0.15) is 0 Å². The molecule has 1 aliphatic heterocycles. The monoisotopic (exact) mass is 252 g/mol. The summed E-state index contributed by atoms with van der Waals surface area (Å²) in [5, 5.41) is 0. The molecule has 0 aromatic rings. The van der Waals surface area contributed by atoms with Gasteiger partial charge in [0, 0.05) is 26.2 Å². The summed E-state index contributed by atoms with van der Waals surface area (Å²) >= 11 is 0. The van der Waals surface area contributed by atoms with Crippen molar-refractivity contribution >= 4 is 6.03 Å². The van der Waals surface area contributed by atoms with Crippen molar-refractivity contribution in [2.45, 2.75) is 58.9 Å². The van der Waals surface area contributed by atoms with Crippen LogP contribution in [0.5, 0.6) is 0 Å². The fourth-order valence-corrected chi connectivity index (χ4v) is 3.53. The maximum atomic E-state index is 12.0. The van der Waals surface area contributed by atoms with E-state index in [1.165, 1.54) is 32.1 Å². The molecule has 0 N–H and O–H groups in total. The number of amides is 2. The lowest BCUT2D eigenvalue weighted by molar-refractivity contribution is 0.143. The van der Waals surface area contributed by atoms with Gasteiger partial charge >= 0.3 is 6.03 Å². The topological polar surface area (TPSA) is 23.6 Å². The van der Waals surface area contributed by atoms with Crippen molar-refractivity contribution in [3.8, 4) is 0 Å². The van der Waals surface area contributed by atoms with Gasteiger partial charge in [0.05, 0.1) is 0 Å². The van der Waals surface area contributed by atoms with Crippen LogP contribution in [-0.2, 0) is 0 Å². The summed E-state index contributed by atoms with van der Waals surface area (Å²) in [4.78, 5) is 15.9. The van der Waals surface area contributed by atoms with E-state index >= 15 is 0 Å². The summed E-state index contributed by atoms with van der Waals surface area (Å²) in [6.45, 7) is 8.83. The Kier molecular flexibility index (Phi) is 3.88. The minimum Gasteiger partial charge on any atom is -0.326 e. The minimum absolute atomic E-state index is 0.245. The van der Waals surface area contributed by atoms with Crippen molar-refractivity contribution < 1.29 is 4.79 Å². The van der Waals surface area contributed by atoms with Gasteiger partial charge in [0.1, 0.15) is 0 Å². The first kappa shape index (κ1) is 13.7. The second-order valence-corrected chi connectivity index (χ2v) is 7.34. The molecule has 0 aromatic heterocycles. The van der Waals surface area contributed by atoms with Gasteiger partial charge in [-0.3, -0.25) is 0 Å². The molecule has 3 nitrogen and oxygen atoms in total. The maximum absolute atomic E-state index is 12.0. The molecule has 3 heteroatoms. The molecule has 2 rings (SSSR count). The van der Waals surface area contributed by atoms with E-state index < -0.39 is 0 Å². The largest absolute Gasteiger partial charge is 0.326 e. The third kappa shape index (κ3) is 3.18. The van der Waals surface area contributed by atoms with E-state index in [4.69, 9.17) is 0 Å². The molecule has 0 bridgehead atoms. The van der Waals surface area contributed by atoms with Gasteiger partial charge < -0.3 is 9.80 Å². The summed E-state index contributed by atoms with van der Waals surface area (Å²) in [5.41, 5.74) is 0.446. The first-order valence-electron chi connectivity index (χ1n) is 7.38. The highest BCUT2D eigenvalue weighted by molar-refractivity contribution is 5.76. The molecule has 0 unspecified atom stereocenters. The molecule has 2 aliphatic rings. The number of rotatable bonds is 2. The molecule has 104 valence electrons. The van der Waals surface area contributed by atoms with E-state index in [9.17, 15) is 4.79 Å². The van der Waals surface area contributed by atoms with E-state index in [1.54, 1.807) is 0 Å². The number of likely N-dealkylation sites (N-methyl/N-ethyl adjacent to an activating group) is 1. The standard InChI is InChI=1S/C15H28N2O/c1-15(2,3)11-12-5-7-13(8-6-12)17-10-9-16(4)14(17)18/h12-13H,5-11H2,1-4H3/t12-,13+. The highest BCUT2D eigenvalue weighted by Gasteiger charge is 2.34. The Labute approximate surface area is 112 Å². The Hall–Kier alpha value is -0.730. The van der Waals surface area contributed by atoms with Crippen LogP contribution < -0.4 is 0 Å². The molecule has 2 amide bonds. The molecule has 0 aromatic carbocycles. The second-order valence-electron chi connectivity index (χ2n) is 7.34. The average molecular weight is 252 g/mol. The van der Waals surface area contributed by atoms with Gasteiger partial charge in [0.15, 0.2) is 0 Å². The van der Waals surface area contributed by atoms with Gasteiger partial charge in [0.25, 0.3) is 0 Å². The van der Waals surface area contributed by atoms with Crippen LogP contribution in [-0.4, -0.2) is 42.0 Å². The summed E-state index contributed by atoms with van der Waals surface area (Å²) in [6.07, 6.45) is 6.35. The Morgan fingerprint density at radius 2 is 1.72 bits per heavy atom. The lowest BCUT2D eigenvalue weighted by Gasteiger charge is -2.36. The van der Waals surface area contributed by atoms with Crippen LogP contribution >= 0.6 is 0 Å². The van der Waals surface area contributed by atoms with E-state index in [1.807, 2.05) is 11.9 Å². The Balaban J connectivity index is 1.82. The average Bonchev–Trinajstić information content (AvgIpc) is 2.59. The van der Waals surface area contributed by atoms with Crippen molar-refractivity contribution in [1.29, 1.82) is 0 Å². The number of hydrogen-bond acceptors (Lipinski definition) is 1. The predicted molar refractivity (Wildman–Crippen MR) is 74.6 cm³/mol. The van der Waals surface area contributed by atoms with E-state index in [0.29, 0.717) is 11.5 Å². The van der Waals surface area contributed by atoms with Gasteiger partial charge in [0.2, 0.25) is 0 Å². The molecule has 1 aliphatic carbocycles. The summed E-state index contributed by atoms with van der Waals surface area (Å²) < 4.78 is 0. The molecule has 0 atom stereocenters. The first-order valence-corrected chi connectivity index (χ1v) is 7.38. The Bertz CT molecular complexity index is 300. The van der Waals surface area contributed by atoms with Crippen LogP contribution in [0.15, 0.2) is 0 Å². The SMILES string of the molecule is CN1CCN([C@H]2CC[C@@H](CC(C)(C)C)CC2)C1=O. The van der Waals surface area contributed by atoms with Gasteiger partial charge in [-0.1, -0.05) is 20.8 Å². The number of nitrogens with zero attached hydrogens (tertiary/aromatic N) is 2. The van der Waals surface area contributed by atoms with E-state index in [2.05, 4.69) is 25.7 Å². The number of carbonyl (C=O) groups is 1. The van der Waals surface area contributed by atoms with Crippen LogP contribution in [0.1, 0.15) is 52.9 Å². The van der Waals surface area contributed by atoms with Crippen LogP contribution in [0.3, 0.4) is 0 Å². The van der Waals surface area contributed by atoms with Crippen LogP contribution in [0.25, 0.3) is 0 Å². The van der Waals surface area contributed by atoms with Crippen molar-refractivity contribution in [2.75, 3.05) is 20.1 Å². The number of urea groups is 1. The third-order valence-electron chi connectivity index (χ3n) is 4.41. The minimum atomic E-state index is 0.245. The fraction of sp³-hybridized carbons (Fsp3) is 0.933. The molecular weight excluding hydrogens is 224 g/mol. The third-order valence-corrected chi connectivity index (χ3v) is 4.41. The molecule has 1 heterocycles. The zero-order chi connectivity index (χ0) is 13.3. The first-order chi connectivity index (χ1) is 8.37. The summed E-state index contributed by atoms with van der Waals surface area (Å²) in [5.74, 6) is 0.872. The number of hydrogen-bond donors (Lipinski definition) is 0. The second kappa shape index (κ2) is 5.10.